The SMILES string of the molecule is COc1cc(Nc2nccc(C(F)(F)F)n2)cc(-c2cnc([C@](C)(O)C3CCC(C(=O)O)CC3)s2)n1. The maximum atomic E-state index is 13.0. The molecule has 3 aromatic heterocycles. The van der Waals surface area contributed by atoms with E-state index in [1.54, 1.807) is 19.2 Å². The van der Waals surface area contributed by atoms with E-state index in [1.807, 2.05) is 0 Å². The van der Waals surface area contributed by atoms with Gasteiger partial charge in [0, 0.05) is 24.1 Å². The van der Waals surface area contributed by atoms with Crippen molar-refractivity contribution >= 4 is 28.9 Å². The third kappa shape index (κ3) is 5.57. The molecule has 1 aliphatic rings. The molecule has 0 saturated heterocycles. The molecule has 9 nitrogen and oxygen atoms in total. The normalized spacial score (nSPS) is 19.9. The number of aromatic nitrogens is 4. The van der Waals surface area contributed by atoms with Crippen LogP contribution in [-0.2, 0) is 16.6 Å². The molecule has 3 N–H and O–H groups in total. The number of alkyl halides is 3. The molecule has 1 fully saturated rings. The first kappa shape index (κ1) is 25.8. The van der Waals surface area contributed by atoms with E-state index < -0.39 is 29.4 Å². The Morgan fingerprint density at radius 1 is 1.17 bits per heavy atom. The Hall–Kier alpha value is -3.32. The lowest BCUT2D eigenvalue weighted by Crippen LogP contribution is -2.35. The second-order valence-corrected chi connectivity index (χ2v) is 9.77. The van der Waals surface area contributed by atoms with Crippen LogP contribution in [0.15, 0.2) is 30.6 Å². The first-order chi connectivity index (χ1) is 17.0. The van der Waals surface area contributed by atoms with Gasteiger partial charge in [-0.15, -0.1) is 11.3 Å². The highest BCUT2D eigenvalue weighted by Gasteiger charge is 2.40. The number of nitrogens with zero attached hydrogens (tertiary/aromatic N) is 4. The Morgan fingerprint density at radius 2 is 1.89 bits per heavy atom. The van der Waals surface area contributed by atoms with Gasteiger partial charge in [-0.3, -0.25) is 4.79 Å². The summed E-state index contributed by atoms with van der Waals surface area (Å²) < 4.78 is 44.2. The van der Waals surface area contributed by atoms with E-state index in [0.717, 1.165) is 12.3 Å². The number of hydrogen-bond donors (Lipinski definition) is 3. The molecule has 0 bridgehead atoms. The lowest BCUT2D eigenvalue weighted by Gasteiger charge is -2.35. The molecule has 1 saturated carbocycles. The van der Waals surface area contributed by atoms with Crippen molar-refractivity contribution in [3.8, 4) is 16.5 Å². The van der Waals surface area contributed by atoms with Gasteiger partial charge in [-0.25, -0.2) is 19.9 Å². The minimum absolute atomic E-state index is 0.138. The average Bonchev–Trinajstić information content (AvgIpc) is 3.35. The molecule has 3 aromatic rings. The number of aliphatic hydroxyl groups is 1. The fraction of sp³-hybridized carbons (Fsp3) is 0.435. The number of carboxylic acid groups (broad SMARTS) is 1. The van der Waals surface area contributed by atoms with Gasteiger partial charge in [0.15, 0.2) is 0 Å². The molecule has 0 spiro atoms. The van der Waals surface area contributed by atoms with Gasteiger partial charge in [0.1, 0.15) is 16.3 Å². The van der Waals surface area contributed by atoms with Gasteiger partial charge in [-0.1, -0.05) is 0 Å². The van der Waals surface area contributed by atoms with Crippen LogP contribution in [0.3, 0.4) is 0 Å². The zero-order valence-electron chi connectivity index (χ0n) is 19.4. The molecule has 192 valence electrons. The van der Waals surface area contributed by atoms with E-state index in [1.165, 1.54) is 24.5 Å². The molecule has 0 aliphatic heterocycles. The van der Waals surface area contributed by atoms with Gasteiger partial charge in [0.2, 0.25) is 11.8 Å². The van der Waals surface area contributed by atoms with Crippen molar-refractivity contribution < 1.29 is 32.9 Å². The third-order valence-corrected chi connectivity index (χ3v) is 7.52. The van der Waals surface area contributed by atoms with Crippen LogP contribution in [0.5, 0.6) is 5.88 Å². The van der Waals surface area contributed by atoms with Crippen molar-refractivity contribution in [1.29, 1.82) is 0 Å². The van der Waals surface area contributed by atoms with Crippen molar-refractivity contribution in [1.82, 2.24) is 19.9 Å². The average molecular weight is 524 g/mol. The lowest BCUT2D eigenvalue weighted by atomic mass is 9.74. The molecule has 1 aliphatic carbocycles. The summed E-state index contributed by atoms with van der Waals surface area (Å²) in [5.74, 6) is -1.38. The maximum Gasteiger partial charge on any atom is 0.433 e. The van der Waals surface area contributed by atoms with E-state index in [2.05, 4.69) is 25.3 Å². The number of aliphatic carboxylic acids is 1. The van der Waals surface area contributed by atoms with Gasteiger partial charge in [-0.2, -0.15) is 13.2 Å². The predicted octanol–water partition coefficient (Wildman–Crippen LogP) is 4.86. The Bertz CT molecular complexity index is 1240. The minimum atomic E-state index is -4.61. The summed E-state index contributed by atoms with van der Waals surface area (Å²) in [6.07, 6.45) is 0.103. The summed E-state index contributed by atoms with van der Waals surface area (Å²) in [5.41, 5.74) is -1.55. The monoisotopic (exact) mass is 523 g/mol. The number of rotatable bonds is 7. The molecule has 3 heterocycles. The summed E-state index contributed by atoms with van der Waals surface area (Å²) in [6.45, 7) is 1.68. The van der Waals surface area contributed by atoms with Crippen LogP contribution in [0.2, 0.25) is 0 Å². The predicted molar refractivity (Wildman–Crippen MR) is 125 cm³/mol. The molecular weight excluding hydrogens is 499 g/mol. The standard InChI is InChI=1S/C23H24F3N5O4S/c1-22(34,13-5-3-12(4-6-13)19(32)33)20-28-11-16(36-20)15-9-14(10-18(30-15)35-2)29-21-27-8-7-17(31-21)23(24,25)26/h7-13,34H,3-6H2,1-2H3,(H,32,33)(H,27,29,30,31)/t12?,13?,22-/m1/s1. The number of methoxy groups -OCH3 is 1. The van der Waals surface area contributed by atoms with E-state index in [9.17, 15) is 28.2 Å². The quantitative estimate of drug-likeness (QED) is 0.397. The third-order valence-electron chi connectivity index (χ3n) is 6.28. The largest absolute Gasteiger partial charge is 0.481 e. The van der Waals surface area contributed by atoms with Gasteiger partial charge in [0.05, 0.1) is 23.6 Å². The number of thiazole rings is 1. The number of carboxylic acids is 1. The summed E-state index contributed by atoms with van der Waals surface area (Å²) in [6, 6.07) is 3.87. The Labute approximate surface area is 208 Å². The lowest BCUT2D eigenvalue weighted by molar-refractivity contribution is -0.144. The number of pyridine rings is 1. The maximum absolute atomic E-state index is 13.0. The van der Waals surface area contributed by atoms with E-state index in [4.69, 9.17) is 4.74 Å². The smallest absolute Gasteiger partial charge is 0.433 e. The van der Waals surface area contributed by atoms with Crippen LogP contribution in [0.25, 0.3) is 10.6 Å². The van der Waals surface area contributed by atoms with Crippen molar-refractivity contribution in [3.63, 3.8) is 0 Å². The van der Waals surface area contributed by atoms with Gasteiger partial charge >= 0.3 is 12.1 Å². The van der Waals surface area contributed by atoms with Crippen molar-refractivity contribution in [3.05, 3.63) is 41.3 Å². The zero-order valence-corrected chi connectivity index (χ0v) is 20.2. The first-order valence-electron chi connectivity index (χ1n) is 11.1. The first-order valence-corrected chi connectivity index (χ1v) is 11.9. The molecule has 0 amide bonds. The fourth-order valence-corrected chi connectivity index (χ4v) is 5.22. The van der Waals surface area contributed by atoms with Gasteiger partial charge in [0.25, 0.3) is 0 Å². The second kappa shape index (κ2) is 9.97. The van der Waals surface area contributed by atoms with Crippen LogP contribution < -0.4 is 10.1 Å². The number of nitrogens with one attached hydrogen (secondary N) is 1. The van der Waals surface area contributed by atoms with Crippen LogP contribution in [0.4, 0.5) is 24.8 Å². The molecule has 4 rings (SSSR count). The fourth-order valence-electron chi connectivity index (χ4n) is 4.22. The second-order valence-electron chi connectivity index (χ2n) is 8.74. The number of hydrogen-bond acceptors (Lipinski definition) is 9. The highest BCUT2D eigenvalue weighted by atomic mass is 32.1. The highest BCUT2D eigenvalue weighted by molar-refractivity contribution is 7.15. The molecule has 0 radical (unpaired) electrons. The van der Waals surface area contributed by atoms with E-state index >= 15 is 0 Å². The molecule has 1 atom stereocenters. The minimum Gasteiger partial charge on any atom is -0.481 e. The highest BCUT2D eigenvalue weighted by Crippen LogP contribution is 2.43. The molecule has 0 unspecified atom stereocenters. The Kier molecular flexibility index (Phi) is 7.14. The van der Waals surface area contributed by atoms with Gasteiger partial charge < -0.3 is 20.3 Å². The summed E-state index contributed by atoms with van der Waals surface area (Å²) in [5, 5.41) is 23.7. The van der Waals surface area contributed by atoms with Crippen LogP contribution in [-0.4, -0.2) is 43.2 Å². The molecular formula is C23H24F3N5O4S. The van der Waals surface area contributed by atoms with Crippen molar-refractivity contribution in [2.75, 3.05) is 12.4 Å². The van der Waals surface area contributed by atoms with Crippen LogP contribution in [0.1, 0.15) is 43.3 Å². The summed E-state index contributed by atoms with van der Waals surface area (Å²) >= 11 is 1.23. The summed E-state index contributed by atoms with van der Waals surface area (Å²) in [7, 11) is 1.41. The molecule has 36 heavy (non-hydrogen) atoms. The van der Waals surface area contributed by atoms with E-state index in [-0.39, 0.29) is 17.7 Å². The van der Waals surface area contributed by atoms with Crippen molar-refractivity contribution in [2.45, 2.75) is 44.4 Å². The van der Waals surface area contributed by atoms with Crippen LogP contribution >= 0.6 is 11.3 Å². The Balaban J connectivity index is 1.57. The number of ether oxygens (including phenoxy) is 1. The van der Waals surface area contributed by atoms with Gasteiger partial charge in [-0.05, 0) is 50.7 Å². The number of halogens is 3. The number of carbonyl (C=O) groups is 1. The molecule has 0 aromatic carbocycles. The van der Waals surface area contributed by atoms with Crippen molar-refractivity contribution in [2.24, 2.45) is 11.8 Å². The number of anilines is 2. The molecule has 13 heteroatoms. The van der Waals surface area contributed by atoms with Crippen LogP contribution in [0, 0.1) is 11.8 Å². The van der Waals surface area contributed by atoms with E-state index in [0.29, 0.717) is 46.9 Å². The topological polar surface area (TPSA) is 130 Å². The Morgan fingerprint density at radius 3 is 2.53 bits per heavy atom. The summed E-state index contributed by atoms with van der Waals surface area (Å²) in [4.78, 5) is 28.0. The zero-order chi connectivity index (χ0) is 26.1.